The fourth-order valence-electron chi connectivity index (χ4n) is 2.42. The molecule has 21 heavy (non-hydrogen) atoms. The molecule has 2 aromatic carbocycles. The van der Waals surface area contributed by atoms with Crippen LogP contribution in [0.3, 0.4) is 0 Å². The number of ketones is 1. The number of aromatic nitrogens is 1. The van der Waals surface area contributed by atoms with Crippen molar-refractivity contribution in [3.63, 3.8) is 0 Å². The molecular formula is C17H14FNO2. The number of halogens is 1. The number of carbonyl (C=O) groups excluding carboxylic acids is 1. The van der Waals surface area contributed by atoms with Gasteiger partial charge in [-0.15, -0.1) is 0 Å². The summed E-state index contributed by atoms with van der Waals surface area (Å²) in [5, 5.41) is 1.07. The number of ether oxygens (including phenoxy) is 1. The summed E-state index contributed by atoms with van der Waals surface area (Å²) in [6.45, 7) is 0.146. The number of hydrogen-bond acceptors (Lipinski definition) is 2. The molecule has 1 aromatic heterocycles. The average Bonchev–Trinajstić information content (AvgIpc) is 2.90. The normalized spacial score (nSPS) is 10.8. The second-order valence-electron chi connectivity index (χ2n) is 4.77. The third kappa shape index (κ3) is 2.52. The lowest BCUT2D eigenvalue weighted by molar-refractivity contribution is 0.0970. The molecule has 0 bridgehead atoms. The Morgan fingerprint density at radius 2 is 2.00 bits per heavy atom. The first-order valence-electron chi connectivity index (χ1n) is 6.59. The molecule has 0 radical (unpaired) electrons. The first-order chi connectivity index (χ1) is 10.2. The Labute approximate surface area is 121 Å². The Bertz CT molecular complexity index is 807. The summed E-state index contributed by atoms with van der Waals surface area (Å²) < 4.78 is 20.3. The van der Waals surface area contributed by atoms with Crippen molar-refractivity contribution in [2.24, 2.45) is 0 Å². The van der Waals surface area contributed by atoms with Crippen molar-refractivity contribution >= 4 is 16.7 Å². The van der Waals surface area contributed by atoms with Gasteiger partial charge in [-0.1, -0.05) is 18.2 Å². The summed E-state index contributed by atoms with van der Waals surface area (Å²) in [5.74, 6) is -0.248. The zero-order valence-corrected chi connectivity index (χ0v) is 11.5. The van der Waals surface area contributed by atoms with E-state index < -0.39 is 5.82 Å². The molecule has 1 heterocycles. The molecule has 3 aromatic rings. The number of hydrogen-bond donors (Lipinski definition) is 0. The zero-order valence-electron chi connectivity index (χ0n) is 11.5. The van der Waals surface area contributed by atoms with E-state index >= 15 is 0 Å². The molecule has 0 N–H and O–H groups in total. The van der Waals surface area contributed by atoms with Crippen LogP contribution in [0.5, 0.6) is 5.75 Å². The number of Topliss-reactive ketones (excluding diaryl/α,β-unsaturated/α-hetero) is 1. The van der Waals surface area contributed by atoms with Gasteiger partial charge in [-0.2, -0.15) is 0 Å². The first-order valence-corrected chi connectivity index (χ1v) is 6.59. The van der Waals surface area contributed by atoms with Gasteiger partial charge in [-0.3, -0.25) is 4.79 Å². The maximum atomic E-state index is 13.4. The molecule has 106 valence electrons. The smallest absolute Gasteiger partial charge is 0.186 e. The van der Waals surface area contributed by atoms with Gasteiger partial charge in [0, 0.05) is 11.7 Å². The summed E-state index contributed by atoms with van der Waals surface area (Å²) >= 11 is 0. The van der Waals surface area contributed by atoms with Crippen molar-refractivity contribution < 1.29 is 13.9 Å². The molecule has 0 aliphatic rings. The first kappa shape index (κ1) is 13.4. The van der Waals surface area contributed by atoms with Crippen LogP contribution in [0.15, 0.2) is 54.7 Å². The molecule has 3 rings (SSSR count). The van der Waals surface area contributed by atoms with Crippen molar-refractivity contribution in [2.45, 2.75) is 6.54 Å². The fourth-order valence-corrected chi connectivity index (χ4v) is 2.42. The second-order valence-corrected chi connectivity index (χ2v) is 4.77. The van der Waals surface area contributed by atoms with Crippen LogP contribution >= 0.6 is 0 Å². The van der Waals surface area contributed by atoms with Crippen LogP contribution < -0.4 is 4.74 Å². The van der Waals surface area contributed by atoms with Gasteiger partial charge in [0.25, 0.3) is 0 Å². The highest BCUT2D eigenvalue weighted by Gasteiger charge is 2.14. The van der Waals surface area contributed by atoms with Crippen molar-refractivity contribution in [3.8, 4) is 5.75 Å². The Morgan fingerprint density at radius 3 is 2.81 bits per heavy atom. The third-order valence-electron chi connectivity index (χ3n) is 3.46. The van der Waals surface area contributed by atoms with E-state index in [4.69, 9.17) is 4.74 Å². The van der Waals surface area contributed by atoms with E-state index in [0.29, 0.717) is 5.75 Å². The third-order valence-corrected chi connectivity index (χ3v) is 3.46. The van der Waals surface area contributed by atoms with Crippen LogP contribution in [-0.2, 0) is 6.54 Å². The van der Waals surface area contributed by atoms with Crippen LogP contribution in [0, 0.1) is 5.82 Å². The molecule has 0 fully saturated rings. The predicted octanol–water partition coefficient (Wildman–Crippen LogP) is 3.67. The molecule has 0 atom stereocenters. The van der Waals surface area contributed by atoms with Crippen LogP contribution in [-0.4, -0.2) is 17.5 Å². The molecule has 0 aliphatic carbocycles. The van der Waals surface area contributed by atoms with Gasteiger partial charge in [0.05, 0.1) is 19.2 Å². The summed E-state index contributed by atoms with van der Waals surface area (Å²) in [4.78, 5) is 12.4. The highest BCUT2D eigenvalue weighted by Crippen LogP contribution is 2.22. The number of fused-ring (bicyclic) bond motifs is 1. The van der Waals surface area contributed by atoms with E-state index in [0.717, 1.165) is 10.9 Å². The predicted molar refractivity (Wildman–Crippen MR) is 79.2 cm³/mol. The maximum absolute atomic E-state index is 13.4. The Hall–Kier alpha value is -2.62. The van der Waals surface area contributed by atoms with E-state index in [-0.39, 0.29) is 17.9 Å². The van der Waals surface area contributed by atoms with Gasteiger partial charge in [0.1, 0.15) is 11.6 Å². The Balaban J connectivity index is 1.95. The summed E-state index contributed by atoms with van der Waals surface area (Å²) in [6.07, 6.45) is 1.86. The van der Waals surface area contributed by atoms with Gasteiger partial charge in [-0.25, -0.2) is 4.39 Å². The molecule has 0 saturated heterocycles. The lowest BCUT2D eigenvalue weighted by Crippen LogP contribution is -2.11. The van der Waals surface area contributed by atoms with Crippen LogP contribution in [0.1, 0.15) is 10.4 Å². The molecule has 4 heteroatoms. The van der Waals surface area contributed by atoms with E-state index in [1.54, 1.807) is 0 Å². The second kappa shape index (κ2) is 5.40. The van der Waals surface area contributed by atoms with Gasteiger partial charge >= 0.3 is 0 Å². The van der Waals surface area contributed by atoms with Crippen molar-refractivity contribution in [1.82, 2.24) is 4.57 Å². The minimum absolute atomic E-state index is 0.146. The molecule has 0 unspecified atom stereocenters. The minimum Gasteiger partial charge on any atom is -0.496 e. The fraction of sp³-hybridized carbons (Fsp3) is 0.118. The summed E-state index contributed by atoms with van der Waals surface area (Å²) in [7, 11) is 1.47. The quantitative estimate of drug-likeness (QED) is 0.684. The number of benzene rings is 2. The molecule has 3 nitrogen and oxygen atoms in total. The number of methoxy groups -OCH3 is 1. The highest BCUT2D eigenvalue weighted by molar-refractivity contribution is 5.99. The Morgan fingerprint density at radius 1 is 1.19 bits per heavy atom. The topological polar surface area (TPSA) is 31.2 Å². The van der Waals surface area contributed by atoms with Gasteiger partial charge in [0.2, 0.25) is 0 Å². The standard InChI is InChI=1S/C17H14FNO2/c1-21-17-7-6-13(18)10-14(17)16(20)11-19-9-8-12-4-2-3-5-15(12)19/h2-10H,11H2,1H3. The van der Waals surface area contributed by atoms with E-state index in [2.05, 4.69) is 0 Å². The summed E-state index contributed by atoms with van der Waals surface area (Å²) in [6, 6.07) is 13.7. The maximum Gasteiger partial charge on any atom is 0.186 e. The van der Waals surface area contributed by atoms with Crippen molar-refractivity contribution in [3.05, 3.63) is 66.1 Å². The largest absolute Gasteiger partial charge is 0.496 e. The average molecular weight is 283 g/mol. The number of para-hydroxylation sites is 1. The molecule has 0 aliphatic heterocycles. The van der Waals surface area contributed by atoms with E-state index in [9.17, 15) is 9.18 Å². The lowest BCUT2D eigenvalue weighted by Gasteiger charge is -2.09. The van der Waals surface area contributed by atoms with Crippen LogP contribution in [0.25, 0.3) is 10.9 Å². The SMILES string of the molecule is COc1ccc(F)cc1C(=O)Cn1ccc2ccccc21. The number of rotatable bonds is 4. The molecular weight excluding hydrogens is 269 g/mol. The number of nitrogens with zero attached hydrogens (tertiary/aromatic N) is 1. The molecule has 0 saturated carbocycles. The van der Waals surface area contributed by atoms with Crippen molar-refractivity contribution in [2.75, 3.05) is 7.11 Å². The monoisotopic (exact) mass is 283 g/mol. The van der Waals surface area contributed by atoms with E-state index in [1.807, 2.05) is 41.1 Å². The minimum atomic E-state index is -0.448. The number of carbonyl (C=O) groups is 1. The lowest BCUT2D eigenvalue weighted by atomic mass is 10.1. The van der Waals surface area contributed by atoms with Gasteiger partial charge in [-0.05, 0) is 35.7 Å². The Kier molecular flexibility index (Phi) is 3.44. The highest BCUT2D eigenvalue weighted by atomic mass is 19.1. The van der Waals surface area contributed by atoms with E-state index in [1.165, 1.54) is 25.3 Å². The van der Waals surface area contributed by atoms with Crippen LogP contribution in [0.2, 0.25) is 0 Å². The van der Waals surface area contributed by atoms with Gasteiger partial charge in [0.15, 0.2) is 5.78 Å². The zero-order chi connectivity index (χ0) is 14.8. The molecule has 0 spiro atoms. The van der Waals surface area contributed by atoms with Crippen LogP contribution in [0.4, 0.5) is 4.39 Å². The van der Waals surface area contributed by atoms with Gasteiger partial charge < -0.3 is 9.30 Å². The molecule has 0 amide bonds. The summed E-state index contributed by atoms with van der Waals surface area (Å²) in [5.41, 5.74) is 1.23. The van der Waals surface area contributed by atoms with Crippen molar-refractivity contribution in [1.29, 1.82) is 0 Å².